The summed E-state index contributed by atoms with van der Waals surface area (Å²) in [6.07, 6.45) is 1.40. The van der Waals surface area contributed by atoms with Crippen LogP contribution in [0.15, 0.2) is 47.4 Å². The van der Waals surface area contributed by atoms with E-state index in [4.69, 9.17) is 4.74 Å². The zero-order valence-electron chi connectivity index (χ0n) is 17.5. The summed E-state index contributed by atoms with van der Waals surface area (Å²) in [5.41, 5.74) is 2.36. The van der Waals surface area contributed by atoms with E-state index in [0.717, 1.165) is 16.1 Å². The van der Waals surface area contributed by atoms with Crippen LogP contribution in [0.2, 0.25) is 0 Å². The molecular weight excluding hydrogens is 414 g/mol. The second-order valence-corrected chi connectivity index (χ2v) is 8.95. The van der Waals surface area contributed by atoms with Crippen LogP contribution in [0.25, 0.3) is 0 Å². The van der Waals surface area contributed by atoms with Crippen molar-refractivity contribution in [2.45, 2.75) is 29.9 Å². The van der Waals surface area contributed by atoms with Crippen molar-refractivity contribution in [2.24, 2.45) is 5.92 Å². The Morgan fingerprint density at radius 1 is 1.23 bits per heavy atom. The molecule has 0 spiro atoms. The molecule has 2 aliphatic heterocycles. The molecule has 4 rings (SSSR count). The third kappa shape index (κ3) is 4.54. The SMILES string of the molecule is COc1ccc(C)cc1NC(=O)[C@H]1CCCN(C(=O)[C@H]2Sc3ccccc3NC2=O)C1. The number of aryl methyl sites for hydroxylation is 1. The summed E-state index contributed by atoms with van der Waals surface area (Å²) in [4.78, 5) is 41.1. The van der Waals surface area contributed by atoms with Crippen LogP contribution in [0.1, 0.15) is 18.4 Å². The van der Waals surface area contributed by atoms with Gasteiger partial charge in [-0.25, -0.2) is 0 Å². The van der Waals surface area contributed by atoms with Gasteiger partial charge >= 0.3 is 0 Å². The van der Waals surface area contributed by atoms with Crippen molar-refractivity contribution in [1.29, 1.82) is 0 Å². The standard InChI is InChI=1S/C23H25N3O4S/c1-14-9-10-18(30-2)17(12-14)25-21(27)15-6-5-11-26(13-15)23(29)20-22(28)24-16-7-3-4-8-19(16)31-20/h3-4,7-10,12,15,20H,5-6,11,13H2,1-2H3,(H,24,28)(H,25,27)/t15-,20-/m0/s1. The molecule has 0 aliphatic carbocycles. The average molecular weight is 440 g/mol. The van der Waals surface area contributed by atoms with Gasteiger partial charge in [0.15, 0.2) is 5.25 Å². The van der Waals surface area contributed by atoms with Gasteiger partial charge in [-0.1, -0.05) is 18.2 Å². The number of thioether (sulfide) groups is 1. The normalized spacial score (nSPS) is 20.5. The number of rotatable bonds is 4. The maximum absolute atomic E-state index is 13.1. The first-order valence-electron chi connectivity index (χ1n) is 10.3. The van der Waals surface area contributed by atoms with E-state index < -0.39 is 5.25 Å². The van der Waals surface area contributed by atoms with Crippen LogP contribution < -0.4 is 15.4 Å². The number of benzene rings is 2. The molecule has 31 heavy (non-hydrogen) atoms. The van der Waals surface area contributed by atoms with Crippen molar-refractivity contribution in [3.8, 4) is 5.75 Å². The van der Waals surface area contributed by atoms with Gasteiger partial charge < -0.3 is 20.3 Å². The number of methoxy groups -OCH3 is 1. The number of anilines is 2. The summed E-state index contributed by atoms with van der Waals surface area (Å²) in [6.45, 7) is 2.79. The van der Waals surface area contributed by atoms with Crippen molar-refractivity contribution >= 4 is 40.9 Å². The van der Waals surface area contributed by atoms with Gasteiger partial charge in [-0.05, 0) is 49.6 Å². The molecule has 2 N–H and O–H groups in total. The molecule has 0 saturated carbocycles. The van der Waals surface area contributed by atoms with Crippen LogP contribution in [0.4, 0.5) is 11.4 Å². The third-order valence-electron chi connectivity index (χ3n) is 5.57. The summed E-state index contributed by atoms with van der Waals surface area (Å²) in [7, 11) is 1.56. The number of carbonyl (C=O) groups is 3. The highest BCUT2D eigenvalue weighted by Gasteiger charge is 2.38. The topological polar surface area (TPSA) is 87.7 Å². The Bertz CT molecular complexity index is 1030. The number of likely N-dealkylation sites (tertiary alicyclic amines) is 1. The lowest BCUT2D eigenvalue weighted by Crippen LogP contribution is -2.50. The van der Waals surface area contributed by atoms with Gasteiger partial charge in [-0.2, -0.15) is 0 Å². The van der Waals surface area contributed by atoms with Crippen LogP contribution in [0, 0.1) is 12.8 Å². The predicted molar refractivity (Wildman–Crippen MR) is 120 cm³/mol. The quantitative estimate of drug-likeness (QED) is 0.714. The molecular formula is C23H25N3O4S. The predicted octanol–water partition coefficient (Wildman–Crippen LogP) is 3.29. The van der Waals surface area contributed by atoms with Crippen LogP contribution in [-0.4, -0.2) is 48.1 Å². The Hall–Kier alpha value is -3.00. The number of hydrogen-bond acceptors (Lipinski definition) is 5. The van der Waals surface area contributed by atoms with E-state index in [1.54, 1.807) is 12.0 Å². The summed E-state index contributed by atoms with van der Waals surface area (Å²) >= 11 is 1.27. The van der Waals surface area contributed by atoms with E-state index in [-0.39, 0.29) is 23.6 Å². The first-order valence-corrected chi connectivity index (χ1v) is 11.1. The van der Waals surface area contributed by atoms with Crippen molar-refractivity contribution in [3.05, 3.63) is 48.0 Å². The summed E-state index contributed by atoms with van der Waals surface area (Å²) in [5, 5.41) is 4.92. The molecule has 0 radical (unpaired) electrons. The largest absolute Gasteiger partial charge is 0.495 e. The van der Waals surface area contributed by atoms with Gasteiger partial charge in [0.05, 0.1) is 24.4 Å². The molecule has 2 atom stereocenters. The number of piperidine rings is 1. The molecule has 0 bridgehead atoms. The minimum atomic E-state index is -0.839. The molecule has 2 heterocycles. The fourth-order valence-electron chi connectivity index (χ4n) is 3.93. The fraction of sp³-hybridized carbons (Fsp3) is 0.348. The lowest BCUT2D eigenvalue weighted by Gasteiger charge is -2.35. The smallest absolute Gasteiger partial charge is 0.247 e. The first kappa shape index (κ1) is 21.2. The molecule has 0 unspecified atom stereocenters. The second-order valence-electron chi connectivity index (χ2n) is 7.80. The number of ether oxygens (including phenoxy) is 1. The molecule has 162 valence electrons. The van der Waals surface area contributed by atoms with E-state index in [0.29, 0.717) is 37.4 Å². The Kier molecular flexibility index (Phi) is 6.18. The van der Waals surface area contributed by atoms with E-state index >= 15 is 0 Å². The second kappa shape index (κ2) is 9.01. The van der Waals surface area contributed by atoms with E-state index in [9.17, 15) is 14.4 Å². The molecule has 2 aromatic rings. The molecule has 1 fully saturated rings. The molecule has 0 aromatic heterocycles. The molecule has 8 heteroatoms. The molecule has 2 aromatic carbocycles. The summed E-state index contributed by atoms with van der Waals surface area (Å²) in [6, 6.07) is 13.0. The van der Waals surface area contributed by atoms with E-state index in [1.807, 2.05) is 49.4 Å². The van der Waals surface area contributed by atoms with Gasteiger partial charge in [0, 0.05) is 18.0 Å². The molecule has 7 nitrogen and oxygen atoms in total. The lowest BCUT2D eigenvalue weighted by molar-refractivity contribution is -0.136. The van der Waals surface area contributed by atoms with Crippen molar-refractivity contribution in [1.82, 2.24) is 4.90 Å². The summed E-state index contributed by atoms with van der Waals surface area (Å²) in [5.74, 6) is -0.455. The number of para-hydroxylation sites is 1. The fourth-order valence-corrected chi connectivity index (χ4v) is 5.00. The highest BCUT2D eigenvalue weighted by molar-refractivity contribution is 8.01. The number of nitrogens with zero attached hydrogens (tertiary/aromatic N) is 1. The maximum atomic E-state index is 13.1. The highest BCUT2D eigenvalue weighted by atomic mass is 32.2. The molecule has 2 aliphatic rings. The number of nitrogens with one attached hydrogen (secondary N) is 2. The van der Waals surface area contributed by atoms with Gasteiger partial charge in [-0.3, -0.25) is 14.4 Å². The minimum absolute atomic E-state index is 0.146. The van der Waals surface area contributed by atoms with Gasteiger partial charge in [0.1, 0.15) is 5.75 Å². The Labute approximate surface area is 185 Å². The van der Waals surface area contributed by atoms with Crippen LogP contribution in [0.3, 0.4) is 0 Å². The van der Waals surface area contributed by atoms with Gasteiger partial charge in [0.25, 0.3) is 0 Å². The molecule has 1 saturated heterocycles. The van der Waals surface area contributed by atoms with Crippen molar-refractivity contribution in [2.75, 3.05) is 30.8 Å². The van der Waals surface area contributed by atoms with Gasteiger partial charge in [0.2, 0.25) is 17.7 Å². The van der Waals surface area contributed by atoms with Crippen LogP contribution in [-0.2, 0) is 14.4 Å². The van der Waals surface area contributed by atoms with Crippen molar-refractivity contribution < 1.29 is 19.1 Å². The summed E-state index contributed by atoms with van der Waals surface area (Å²) < 4.78 is 5.34. The Balaban J connectivity index is 1.44. The number of amides is 3. The number of carbonyl (C=O) groups excluding carboxylic acids is 3. The monoisotopic (exact) mass is 439 g/mol. The van der Waals surface area contributed by atoms with E-state index in [2.05, 4.69) is 10.6 Å². The number of fused-ring (bicyclic) bond motifs is 1. The van der Waals surface area contributed by atoms with Crippen LogP contribution in [0.5, 0.6) is 5.75 Å². The maximum Gasteiger partial charge on any atom is 0.247 e. The zero-order chi connectivity index (χ0) is 22.0. The van der Waals surface area contributed by atoms with Crippen molar-refractivity contribution in [3.63, 3.8) is 0 Å². The molecule has 3 amide bonds. The lowest BCUT2D eigenvalue weighted by atomic mass is 9.96. The average Bonchev–Trinajstić information content (AvgIpc) is 2.78. The Morgan fingerprint density at radius 3 is 2.84 bits per heavy atom. The first-order chi connectivity index (χ1) is 15.0. The third-order valence-corrected chi connectivity index (χ3v) is 6.83. The number of hydrogen-bond donors (Lipinski definition) is 2. The minimum Gasteiger partial charge on any atom is -0.495 e. The van der Waals surface area contributed by atoms with Crippen LogP contribution >= 0.6 is 11.8 Å². The highest BCUT2D eigenvalue weighted by Crippen LogP contribution is 2.36. The van der Waals surface area contributed by atoms with E-state index in [1.165, 1.54) is 11.8 Å². The van der Waals surface area contributed by atoms with Gasteiger partial charge in [-0.15, -0.1) is 11.8 Å². The Morgan fingerprint density at radius 2 is 2.03 bits per heavy atom. The zero-order valence-corrected chi connectivity index (χ0v) is 18.3.